The minimum Gasteiger partial charge on any atom is -0.354 e. The highest BCUT2D eigenvalue weighted by Crippen LogP contribution is 2.28. The molecule has 2 amide bonds. The van der Waals surface area contributed by atoms with Gasteiger partial charge in [-0.25, -0.2) is 0 Å². The van der Waals surface area contributed by atoms with Gasteiger partial charge in [0, 0.05) is 19.0 Å². The van der Waals surface area contributed by atoms with Crippen LogP contribution < -0.4 is 10.6 Å². The van der Waals surface area contributed by atoms with Gasteiger partial charge in [-0.3, -0.25) is 9.59 Å². The molecular weight excluding hydrogens is 180 g/mol. The molecule has 14 heavy (non-hydrogen) atoms. The quantitative estimate of drug-likeness (QED) is 0.487. The third-order valence-corrected chi connectivity index (χ3v) is 1.99. The average Bonchev–Trinajstić information content (AvgIpc) is 2.95. The zero-order valence-electron chi connectivity index (χ0n) is 8.38. The van der Waals surface area contributed by atoms with Crippen LogP contribution in [0.5, 0.6) is 0 Å². The molecule has 0 aromatic heterocycles. The molecule has 78 valence electrons. The monoisotopic (exact) mass is 196 g/mol. The van der Waals surface area contributed by atoms with Gasteiger partial charge in [-0.05, 0) is 25.8 Å². The third kappa shape index (κ3) is 4.07. The van der Waals surface area contributed by atoms with E-state index in [0.29, 0.717) is 13.1 Å². The summed E-state index contributed by atoms with van der Waals surface area (Å²) in [5, 5.41) is 5.42. The van der Waals surface area contributed by atoms with Crippen molar-refractivity contribution in [2.45, 2.75) is 19.8 Å². The largest absolute Gasteiger partial charge is 0.354 e. The van der Waals surface area contributed by atoms with Crippen LogP contribution in [0, 0.1) is 5.92 Å². The predicted molar refractivity (Wildman–Crippen MR) is 53.6 cm³/mol. The Morgan fingerprint density at radius 3 is 2.50 bits per heavy atom. The fourth-order valence-electron chi connectivity index (χ4n) is 1.07. The molecule has 4 heteroatoms. The van der Waals surface area contributed by atoms with E-state index in [2.05, 4.69) is 10.6 Å². The van der Waals surface area contributed by atoms with Gasteiger partial charge in [0.25, 0.3) is 0 Å². The smallest absolute Gasteiger partial charge is 0.243 e. The molecule has 0 aliphatic heterocycles. The summed E-state index contributed by atoms with van der Waals surface area (Å²) in [6.07, 6.45) is 5.16. The van der Waals surface area contributed by atoms with E-state index in [1.165, 1.54) is 6.08 Å². The van der Waals surface area contributed by atoms with E-state index in [4.69, 9.17) is 0 Å². The fraction of sp³-hybridized carbons (Fsp3) is 0.600. The van der Waals surface area contributed by atoms with Gasteiger partial charge < -0.3 is 10.6 Å². The highest BCUT2D eigenvalue weighted by atomic mass is 16.2. The number of carbonyl (C=O) groups is 2. The third-order valence-electron chi connectivity index (χ3n) is 1.99. The van der Waals surface area contributed by atoms with E-state index >= 15 is 0 Å². The summed E-state index contributed by atoms with van der Waals surface area (Å²) in [6, 6.07) is 0. The number of allylic oxidation sites excluding steroid dienone is 1. The van der Waals surface area contributed by atoms with Crippen molar-refractivity contribution >= 4 is 11.8 Å². The van der Waals surface area contributed by atoms with Crippen LogP contribution in [0.3, 0.4) is 0 Å². The lowest BCUT2D eigenvalue weighted by molar-refractivity contribution is -0.122. The number of hydrogen-bond acceptors (Lipinski definition) is 2. The second kappa shape index (κ2) is 5.42. The standard InChI is InChI=1S/C10H16N2O2/c1-2-3-9(13)11-6-7-12-10(14)8-4-5-8/h2-3,8H,4-7H2,1H3,(H,11,13)(H,12,14)/b3-2+. The van der Waals surface area contributed by atoms with Gasteiger partial charge in [0.2, 0.25) is 11.8 Å². The van der Waals surface area contributed by atoms with Crippen molar-refractivity contribution in [1.82, 2.24) is 10.6 Å². The molecule has 0 bridgehead atoms. The van der Waals surface area contributed by atoms with Crippen molar-refractivity contribution < 1.29 is 9.59 Å². The molecule has 0 unspecified atom stereocenters. The average molecular weight is 196 g/mol. The van der Waals surface area contributed by atoms with E-state index in [9.17, 15) is 9.59 Å². The maximum absolute atomic E-state index is 11.1. The first-order chi connectivity index (χ1) is 6.74. The Hall–Kier alpha value is -1.32. The van der Waals surface area contributed by atoms with E-state index in [1.807, 2.05) is 0 Å². The fourth-order valence-corrected chi connectivity index (χ4v) is 1.07. The lowest BCUT2D eigenvalue weighted by atomic mass is 10.4. The summed E-state index contributed by atoms with van der Waals surface area (Å²) in [5.74, 6) is 0.236. The Morgan fingerprint density at radius 1 is 1.29 bits per heavy atom. The highest BCUT2D eigenvalue weighted by Gasteiger charge is 2.28. The molecule has 0 saturated heterocycles. The first-order valence-corrected chi connectivity index (χ1v) is 4.92. The van der Waals surface area contributed by atoms with Crippen LogP contribution in [-0.2, 0) is 9.59 Å². The number of carbonyl (C=O) groups excluding carboxylic acids is 2. The van der Waals surface area contributed by atoms with Crippen LogP contribution in [0.1, 0.15) is 19.8 Å². The van der Waals surface area contributed by atoms with Crippen molar-refractivity contribution in [2.75, 3.05) is 13.1 Å². The van der Waals surface area contributed by atoms with Gasteiger partial charge in [-0.2, -0.15) is 0 Å². The molecule has 0 atom stereocenters. The first-order valence-electron chi connectivity index (χ1n) is 4.92. The lowest BCUT2D eigenvalue weighted by Gasteiger charge is -2.04. The summed E-state index contributed by atoms with van der Waals surface area (Å²) in [4.78, 5) is 22.1. The Morgan fingerprint density at radius 2 is 1.93 bits per heavy atom. The Kier molecular flexibility index (Phi) is 4.16. The molecule has 4 nitrogen and oxygen atoms in total. The highest BCUT2D eigenvalue weighted by molar-refractivity contribution is 5.87. The maximum Gasteiger partial charge on any atom is 0.243 e. The predicted octanol–water partition coefficient (Wildman–Crippen LogP) is 0.205. The van der Waals surface area contributed by atoms with Gasteiger partial charge in [0.15, 0.2) is 0 Å². The van der Waals surface area contributed by atoms with Crippen LogP contribution in [0.2, 0.25) is 0 Å². The minimum absolute atomic E-state index is 0.116. The number of amides is 2. The summed E-state index contributed by atoms with van der Waals surface area (Å²) in [6.45, 7) is 2.79. The maximum atomic E-state index is 11.1. The molecule has 1 aliphatic carbocycles. The van der Waals surface area contributed by atoms with E-state index in [0.717, 1.165) is 12.8 Å². The molecule has 1 aliphatic rings. The Balaban J connectivity index is 1.98. The SMILES string of the molecule is C/C=C/C(=O)NCCNC(=O)C1CC1. The molecule has 0 aromatic rings. The van der Waals surface area contributed by atoms with Gasteiger partial charge in [0.05, 0.1) is 0 Å². The summed E-state index contributed by atoms with van der Waals surface area (Å²) >= 11 is 0. The molecule has 0 spiro atoms. The van der Waals surface area contributed by atoms with Crippen molar-refractivity contribution in [3.8, 4) is 0 Å². The summed E-state index contributed by atoms with van der Waals surface area (Å²) in [5.41, 5.74) is 0. The lowest BCUT2D eigenvalue weighted by Crippen LogP contribution is -2.34. The summed E-state index contributed by atoms with van der Waals surface area (Å²) in [7, 11) is 0. The van der Waals surface area contributed by atoms with Gasteiger partial charge in [-0.1, -0.05) is 6.08 Å². The van der Waals surface area contributed by atoms with E-state index in [-0.39, 0.29) is 17.7 Å². The molecule has 0 aromatic carbocycles. The van der Waals surface area contributed by atoms with Gasteiger partial charge in [0.1, 0.15) is 0 Å². The molecule has 1 fully saturated rings. The molecule has 1 saturated carbocycles. The molecule has 1 rings (SSSR count). The second-order valence-electron chi connectivity index (χ2n) is 3.36. The normalized spacial score (nSPS) is 15.5. The number of hydrogen-bond donors (Lipinski definition) is 2. The van der Waals surface area contributed by atoms with Crippen LogP contribution in [0.4, 0.5) is 0 Å². The van der Waals surface area contributed by atoms with Crippen LogP contribution in [-0.4, -0.2) is 24.9 Å². The molecular formula is C10H16N2O2. The van der Waals surface area contributed by atoms with Gasteiger partial charge in [-0.15, -0.1) is 0 Å². The first kappa shape index (κ1) is 10.8. The van der Waals surface area contributed by atoms with E-state index < -0.39 is 0 Å². The van der Waals surface area contributed by atoms with Crippen molar-refractivity contribution in [3.63, 3.8) is 0 Å². The Bertz CT molecular complexity index is 245. The molecule has 0 heterocycles. The minimum atomic E-state index is -0.117. The number of nitrogens with one attached hydrogen (secondary N) is 2. The Labute approximate surface area is 83.8 Å². The second-order valence-corrected chi connectivity index (χ2v) is 3.36. The van der Waals surface area contributed by atoms with E-state index in [1.54, 1.807) is 13.0 Å². The summed E-state index contributed by atoms with van der Waals surface area (Å²) < 4.78 is 0. The van der Waals surface area contributed by atoms with Gasteiger partial charge >= 0.3 is 0 Å². The van der Waals surface area contributed by atoms with Crippen LogP contribution in [0.25, 0.3) is 0 Å². The number of rotatable bonds is 5. The topological polar surface area (TPSA) is 58.2 Å². The van der Waals surface area contributed by atoms with Crippen molar-refractivity contribution in [2.24, 2.45) is 5.92 Å². The van der Waals surface area contributed by atoms with Crippen LogP contribution in [0.15, 0.2) is 12.2 Å². The zero-order valence-corrected chi connectivity index (χ0v) is 8.38. The zero-order chi connectivity index (χ0) is 10.4. The van der Waals surface area contributed by atoms with Crippen molar-refractivity contribution in [3.05, 3.63) is 12.2 Å². The molecule has 2 N–H and O–H groups in total. The van der Waals surface area contributed by atoms with Crippen molar-refractivity contribution in [1.29, 1.82) is 0 Å². The van der Waals surface area contributed by atoms with Crippen LogP contribution >= 0.6 is 0 Å². The molecule has 0 radical (unpaired) electrons.